The molecule has 2 aliphatic rings. The zero-order valence-electron chi connectivity index (χ0n) is 17.9. The van der Waals surface area contributed by atoms with Crippen LogP contribution in [-0.4, -0.2) is 95.6 Å². The van der Waals surface area contributed by atoms with Crippen molar-refractivity contribution in [3.05, 3.63) is 22.4 Å². The zero-order valence-corrected chi connectivity index (χ0v) is 18.8. The standard InChI is InChI=1S/C21H37N5O2S/c1-22-21(23-16-18-5-7-25(8-6-18)9-12-27-2)24-17-19(20-4-3-15-29-20)26-10-13-28-14-11-26/h3-4,15,18-19H,5-14,16-17H2,1-2H3,(H2,22,23,24). The summed E-state index contributed by atoms with van der Waals surface area (Å²) in [5.74, 6) is 1.61. The van der Waals surface area contributed by atoms with Crippen molar-refractivity contribution in [1.82, 2.24) is 20.4 Å². The minimum absolute atomic E-state index is 0.362. The molecule has 2 saturated heterocycles. The molecule has 0 spiro atoms. The summed E-state index contributed by atoms with van der Waals surface area (Å²) in [6, 6.07) is 4.74. The lowest BCUT2D eigenvalue weighted by molar-refractivity contribution is 0.0177. The second kappa shape index (κ2) is 12.5. The summed E-state index contributed by atoms with van der Waals surface area (Å²) in [7, 11) is 3.63. The third kappa shape index (κ3) is 7.22. The summed E-state index contributed by atoms with van der Waals surface area (Å²) in [6.07, 6.45) is 2.47. The van der Waals surface area contributed by atoms with Crippen LogP contribution in [0, 0.1) is 5.92 Å². The first-order valence-electron chi connectivity index (χ1n) is 10.8. The number of likely N-dealkylation sites (tertiary alicyclic amines) is 1. The van der Waals surface area contributed by atoms with Crippen molar-refractivity contribution in [2.24, 2.45) is 10.9 Å². The molecule has 0 bridgehead atoms. The van der Waals surface area contributed by atoms with Crippen molar-refractivity contribution in [2.45, 2.75) is 18.9 Å². The quantitative estimate of drug-likeness (QED) is 0.465. The van der Waals surface area contributed by atoms with Gasteiger partial charge in [-0.3, -0.25) is 9.89 Å². The van der Waals surface area contributed by atoms with E-state index in [0.717, 1.165) is 58.5 Å². The van der Waals surface area contributed by atoms with Crippen molar-refractivity contribution >= 4 is 17.3 Å². The average Bonchev–Trinajstić information content (AvgIpc) is 3.30. The van der Waals surface area contributed by atoms with E-state index < -0.39 is 0 Å². The Bertz CT molecular complexity index is 584. The topological polar surface area (TPSA) is 61.4 Å². The predicted octanol–water partition coefficient (Wildman–Crippen LogP) is 1.64. The van der Waals surface area contributed by atoms with Crippen LogP contribution in [0.5, 0.6) is 0 Å². The first-order chi connectivity index (χ1) is 14.3. The van der Waals surface area contributed by atoms with Gasteiger partial charge in [-0.25, -0.2) is 0 Å². The lowest BCUT2D eigenvalue weighted by Crippen LogP contribution is -2.47. The highest BCUT2D eigenvalue weighted by Gasteiger charge is 2.24. The van der Waals surface area contributed by atoms with E-state index in [-0.39, 0.29) is 0 Å². The van der Waals surface area contributed by atoms with Gasteiger partial charge in [0.05, 0.1) is 25.9 Å². The molecule has 0 radical (unpaired) electrons. The van der Waals surface area contributed by atoms with Gasteiger partial charge >= 0.3 is 0 Å². The summed E-state index contributed by atoms with van der Waals surface area (Å²) in [4.78, 5) is 10.9. The van der Waals surface area contributed by atoms with Crippen LogP contribution in [0.1, 0.15) is 23.8 Å². The number of nitrogens with zero attached hydrogens (tertiary/aromatic N) is 3. The third-order valence-electron chi connectivity index (χ3n) is 5.92. The second-order valence-electron chi connectivity index (χ2n) is 7.79. The zero-order chi connectivity index (χ0) is 20.3. The van der Waals surface area contributed by atoms with E-state index in [0.29, 0.717) is 12.0 Å². The maximum atomic E-state index is 5.54. The number of hydrogen-bond acceptors (Lipinski definition) is 6. The lowest BCUT2D eigenvalue weighted by atomic mass is 9.97. The van der Waals surface area contributed by atoms with Gasteiger partial charge in [0.25, 0.3) is 0 Å². The molecule has 0 aromatic carbocycles. The smallest absolute Gasteiger partial charge is 0.191 e. The monoisotopic (exact) mass is 423 g/mol. The van der Waals surface area contributed by atoms with Crippen LogP contribution >= 0.6 is 11.3 Å². The van der Waals surface area contributed by atoms with Gasteiger partial charge in [0.2, 0.25) is 0 Å². The number of methoxy groups -OCH3 is 1. The number of piperidine rings is 1. The Morgan fingerprint density at radius 2 is 2.07 bits per heavy atom. The first-order valence-corrected chi connectivity index (χ1v) is 11.7. The Hall–Kier alpha value is -1.19. The minimum atomic E-state index is 0.362. The van der Waals surface area contributed by atoms with E-state index in [1.165, 1.54) is 30.8 Å². The SMILES string of the molecule is CN=C(NCC1CCN(CCOC)CC1)NCC(c1cccs1)N1CCOCC1. The van der Waals surface area contributed by atoms with Crippen molar-refractivity contribution in [3.8, 4) is 0 Å². The summed E-state index contributed by atoms with van der Waals surface area (Å²) < 4.78 is 10.7. The average molecular weight is 424 g/mol. The van der Waals surface area contributed by atoms with Crippen LogP contribution in [0.25, 0.3) is 0 Å². The first kappa shape index (κ1) is 22.5. The van der Waals surface area contributed by atoms with Gasteiger partial charge in [-0.1, -0.05) is 6.07 Å². The molecule has 29 heavy (non-hydrogen) atoms. The van der Waals surface area contributed by atoms with E-state index in [2.05, 4.69) is 42.9 Å². The van der Waals surface area contributed by atoms with Gasteiger partial charge in [-0.2, -0.15) is 0 Å². The maximum Gasteiger partial charge on any atom is 0.191 e. The van der Waals surface area contributed by atoms with E-state index >= 15 is 0 Å². The minimum Gasteiger partial charge on any atom is -0.383 e. The Morgan fingerprint density at radius 3 is 2.72 bits per heavy atom. The highest BCUT2D eigenvalue weighted by Crippen LogP contribution is 2.25. The van der Waals surface area contributed by atoms with Gasteiger partial charge in [0, 0.05) is 51.8 Å². The molecule has 0 saturated carbocycles. The summed E-state index contributed by atoms with van der Waals surface area (Å²) in [5.41, 5.74) is 0. The van der Waals surface area contributed by atoms with E-state index in [9.17, 15) is 0 Å². The molecule has 0 aliphatic carbocycles. The molecule has 1 aromatic heterocycles. The normalized spacial score (nSPS) is 21.2. The molecule has 1 aromatic rings. The fourth-order valence-corrected chi connectivity index (χ4v) is 4.93. The highest BCUT2D eigenvalue weighted by atomic mass is 32.1. The molecule has 8 heteroatoms. The van der Waals surface area contributed by atoms with Crippen LogP contribution in [0.2, 0.25) is 0 Å². The number of thiophene rings is 1. The molecule has 0 amide bonds. The van der Waals surface area contributed by atoms with Gasteiger partial charge in [0.15, 0.2) is 5.96 Å². The van der Waals surface area contributed by atoms with Crippen LogP contribution in [0.3, 0.4) is 0 Å². The van der Waals surface area contributed by atoms with Crippen molar-refractivity contribution in [3.63, 3.8) is 0 Å². The van der Waals surface area contributed by atoms with Crippen LogP contribution in [-0.2, 0) is 9.47 Å². The number of rotatable bonds is 9. The largest absolute Gasteiger partial charge is 0.383 e. The van der Waals surface area contributed by atoms with E-state index in [1.54, 1.807) is 7.11 Å². The molecule has 2 aliphatic heterocycles. The second-order valence-corrected chi connectivity index (χ2v) is 8.77. The van der Waals surface area contributed by atoms with Crippen LogP contribution < -0.4 is 10.6 Å². The summed E-state index contributed by atoms with van der Waals surface area (Å²) in [5, 5.41) is 9.29. The maximum absolute atomic E-state index is 5.54. The fourth-order valence-electron chi connectivity index (χ4n) is 4.07. The van der Waals surface area contributed by atoms with Crippen LogP contribution in [0.4, 0.5) is 0 Å². The van der Waals surface area contributed by atoms with Gasteiger partial charge in [0.1, 0.15) is 0 Å². The summed E-state index contributed by atoms with van der Waals surface area (Å²) >= 11 is 1.83. The molecule has 2 N–H and O–H groups in total. The molecule has 164 valence electrons. The Kier molecular flexibility index (Phi) is 9.69. The predicted molar refractivity (Wildman–Crippen MR) is 120 cm³/mol. The number of morpholine rings is 1. The number of aliphatic imine (C=N–C) groups is 1. The van der Waals surface area contributed by atoms with Crippen molar-refractivity contribution in [1.29, 1.82) is 0 Å². The van der Waals surface area contributed by atoms with E-state index in [1.807, 2.05) is 18.4 Å². The molecule has 1 unspecified atom stereocenters. The van der Waals surface area contributed by atoms with Gasteiger partial charge < -0.3 is 25.0 Å². The van der Waals surface area contributed by atoms with Crippen molar-refractivity contribution < 1.29 is 9.47 Å². The molecule has 3 heterocycles. The molecule has 7 nitrogen and oxygen atoms in total. The van der Waals surface area contributed by atoms with Crippen LogP contribution in [0.15, 0.2) is 22.5 Å². The number of ether oxygens (including phenoxy) is 2. The molecule has 3 rings (SSSR count). The molecular weight excluding hydrogens is 386 g/mol. The Labute approximate surface area is 179 Å². The van der Waals surface area contributed by atoms with E-state index in [4.69, 9.17) is 9.47 Å². The van der Waals surface area contributed by atoms with Crippen molar-refractivity contribution in [2.75, 3.05) is 79.8 Å². The Morgan fingerprint density at radius 1 is 1.28 bits per heavy atom. The Balaban J connectivity index is 1.43. The molecule has 2 fully saturated rings. The number of nitrogens with one attached hydrogen (secondary N) is 2. The summed E-state index contributed by atoms with van der Waals surface area (Å²) in [6.45, 7) is 9.65. The molecule has 1 atom stereocenters. The number of guanidine groups is 1. The fraction of sp³-hybridized carbons (Fsp3) is 0.762. The van der Waals surface area contributed by atoms with Gasteiger partial charge in [-0.05, 0) is 43.3 Å². The third-order valence-corrected chi connectivity index (χ3v) is 6.90. The van der Waals surface area contributed by atoms with Gasteiger partial charge in [-0.15, -0.1) is 11.3 Å². The molecular formula is C21H37N5O2S. The highest BCUT2D eigenvalue weighted by molar-refractivity contribution is 7.10. The number of hydrogen-bond donors (Lipinski definition) is 2. The lowest BCUT2D eigenvalue weighted by Gasteiger charge is -2.34.